The summed E-state index contributed by atoms with van der Waals surface area (Å²) in [4.78, 5) is 21.8. The molecule has 0 spiro atoms. The van der Waals surface area contributed by atoms with Gasteiger partial charge in [0.1, 0.15) is 6.04 Å². The molecule has 1 aromatic heterocycles. The summed E-state index contributed by atoms with van der Waals surface area (Å²) < 4.78 is 25.6. The molecule has 0 aliphatic rings. The highest BCUT2D eigenvalue weighted by atomic mass is 32.2. The molecule has 0 unspecified atom stereocenters. The van der Waals surface area contributed by atoms with Gasteiger partial charge in [-0.1, -0.05) is 25.2 Å². The van der Waals surface area contributed by atoms with Crippen LogP contribution in [0.1, 0.15) is 20.8 Å². The van der Waals surface area contributed by atoms with E-state index in [4.69, 9.17) is 5.11 Å². The first-order chi connectivity index (χ1) is 9.13. The summed E-state index contributed by atoms with van der Waals surface area (Å²) in [5.41, 5.74) is 0. The van der Waals surface area contributed by atoms with Crippen LogP contribution in [0.5, 0.6) is 0 Å². The van der Waals surface area contributed by atoms with Crippen LogP contribution in [0.15, 0.2) is 4.34 Å². The van der Waals surface area contributed by atoms with Crippen LogP contribution in [-0.4, -0.2) is 41.6 Å². The average molecular weight is 322 g/mol. The Balaban J connectivity index is 2.96. The molecule has 0 saturated heterocycles. The number of sulfonamides is 1. The minimum absolute atomic E-state index is 0.0225. The third kappa shape index (κ3) is 4.21. The molecule has 9 nitrogen and oxygen atoms in total. The Kier molecular flexibility index (Phi) is 5.14. The maximum atomic E-state index is 12.0. The van der Waals surface area contributed by atoms with E-state index in [0.29, 0.717) is 11.3 Å². The SMILES string of the molecule is CC(=O)Nc1nnc(S(=O)(=O)N[C@@H](C(=O)O)C(C)C)s1. The maximum Gasteiger partial charge on any atom is 0.322 e. The van der Waals surface area contributed by atoms with Crippen LogP contribution >= 0.6 is 11.3 Å². The smallest absolute Gasteiger partial charge is 0.322 e. The molecule has 112 valence electrons. The molecule has 0 aromatic carbocycles. The number of carbonyl (C=O) groups excluding carboxylic acids is 1. The Hall–Kier alpha value is -1.59. The largest absolute Gasteiger partial charge is 0.480 e. The second-order valence-corrected chi connectivity index (χ2v) is 7.10. The molecule has 1 atom stereocenters. The van der Waals surface area contributed by atoms with E-state index < -0.39 is 38.2 Å². The number of nitrogens with one attached hydrogen (secondary N) is 2. The number of carboxylic acids is 1. The maximum absolute atomic E-state index is 12.0. The number of carbonyl (C=O) groups is 2. The first-order valence-electron chi connectivity index (χ1n) is 5.49. The van der Waals surface area contributed by atoms with Gasteiger partial charge in [0, 0.05) is 6.92 Å². The van der Waals surface area contributed by atoms with Crippen molar-refractivity contribution in [3.63, 3.8) is 0 Å². The number of nitrogens with zero attached hydrogens (tertiary/aromatic N) is 2. The van der Waals surface area contributed by atoms with E-state index in [1.807, 2.05) is 4.72 Å². The van der Waals surface area contributed by atoms with Crippen molar-refractivity contribution in [2.24, 2.45) is 5.92 Å². The Labute approximate surface area is 119 Å². The van der Waals surface area contributed by atoms with Gasteiger partial charge in [-0.2, -0.15) is 4.72 Å². The van der Waals surface area contributed by atoms with Crippen LogP contribution in [0, 0.1) is 5.92 Å². The van der Waals surface area contributed by atoms with Gasteiger partial charge >= 0.3 is 5.97 Å². The molecule has 3 N–H and O–H groups in total. The van der Waals surface area contributed by atoms with E-state index in [9.17, 15) is 18.0 Å². The van der Waals surface area contributed by atoms with Crippen LogP contribution in [0.3, 0.4) is 0 Å². The summed E-state index contributed by atoms with van der Waals surface area (Å²) in [5, 5.41) is 18.2. The fraction of sp³-hybridized carbons (Fsp3) is 0.556. The van der Waals surface area contributed by atoms with E-state index in [1.165, 1.54) is 6.92 Å². The zero-order valence-corrected chi connectivity index (χ0v) is 12.6. The lowest BCUT2D eigenvalue weighted by atomic mass is 10.1. The molecule has 0 fully saturated rings. The van der Waals surface area contributed by atoms with Crippen LogP contribution < -0.4 is 10.0 Å². The second-order valence-electron chi connectivity index (χ2n) is 4.24. The van der Waals surface area contributed by atoms with E-state index in [-0.39, 0.29) is 5.13 Å². The number of aliphatic carboxylic acids is 1. The lowest BCUT2D eigenvalue weighted by Crippen LogP contribution is -2.44. The van der Waals surface area contributed by atoms with Crippen molar-refractivity contribution in [1.82, 2.24) is 14.9 Å². The first-order valence-corrected chi connectivity index (χ1v) is 7.79. The second kappa shape index (κ2) is 6.24. The number of amides is 1. The summed E-state index contributed by atoms with van der Waals surface area (Å²) in [5.74, 6) is -2.14. The molecule has 11 heteroatoms. The zero-order valence-electron chi connectivity index (χ0n) is 10.9. The Morgan fingerprint density at radius 1 is 1.30 bits per heavy atom. The van der Waals surface area contributed by atoms with E-state index in [0.717, 1.165) is 0 Å². The van der Waals surface area contributed by atoms with E-state index in [1.54, 1.807) is 13.8 Å². The number of rotatable bonds is 6. The van der Waals surface area contributed by atoms with Crippen LogP contribution in [0.25, 0.3) is 0 Å². The predicted molar refractivity (Wildman–Crippen MR) is 70.8 cm³/mol. The van der Waals surface area contributed by atoms with Gasteiger partial charge in [0.05, 0.1) is 0 Å². The van der Waals surface area contributed by atoms with Crippen molar-refractivity contribution >= 4 is 38.4 Å². The molecule has 1 rings (SSSR count). The van der Waals surface area contributed by atoms with Gasteiger partial charge in [-0.15, -0.1) is 10.2 Å². The van der Waals surface area contributed by atoms with Crippen LogP contribution in [0.2, 0.25) is 0 Å². The number of hydrogen-bond acceptors (Lipinski definition) is 7. The standard InChI is InChI=1S/C9H14N4O5S2/c1-4(2)6(7(15)16)13-20(17,18)9-12-11-8(19-9)10-5(3)14/h4,6,13H,1-3H3,(H,15,16)(H,10,11,14)/t6-/m1/s1. The lowest BCUT2D eigenvalue weighted by molar-refractivity contribution is -0.140. The van der Waals surface area contributed by atoms with Crippen molar-refractivity contribution in [2.75, 3.05) is 5.32 Å². The highest BCUT2D eigenvalue weighted by Crippen LogP contribution is 2.20. The van der Waals surface area contributed by atoms with Gasteiger partial charge in [-0.25, -0.2) is 8.42 Å². The third-order valence-corrected chi connectivity index (χ3v) is 4.78. The highest BCUT2D eigenvalue weighted by molar-refractivity contribution is 7.91. The zero-order chi connectivity index (χ0) is 15.5. The van der Waals surface area contributed by atoms with Crippen LogP contribution in [0.4, 0.5) is 5.13 Å². The quantitative estimate of drug-likeness (QED) is 0.621. The molecule has 20 heavy (non-hydrogen) atoms. The summed E-state index contributed by atoms with van der Waals surface area (Å²) >= 11 is 0.636. The summed E-state index contributed by atoms with van der Waals surface area (Å²) in [6, 6.07) is -1.27. The number of hydrogen-bond donors (Lipinski definition) is 3. The fourth-order valence-electron chi connectivity index (χ4n) is 1.21. The van der Waals surface area contributed by atoms with Gasteiger partial charge in [-0.3, -0.25) is 9.59 Å². The molecule has 0 bridgehead atoms. The van der Waals surface area contributed by atoms with Gasteiger partial charge in [-0.05, 0) is 5.92 Å². The molecule has 1 heterocycles. The molecular weight excluding hydrogens is 308 g/mol. The summed E-state index contributed by atoms with van der Waals surface area (Å²) in [6.07, 6.45) is 0. The van der Waals surface area contributed by atoms with E-state index in [2.05, 4.69) is 15.5 Å². The molecule has 0 aliphatic carbocycles. The Morgan fingerprint density at radius 2 is 1.90 bits per heavy atom. The van der Waals surface area contributed by atoms with Crippen molar-refractivity contribution in [2.45, 2.75) is 31.2 Å². The molecule has 0 aliphatic heterocycles. The average Bonchev–Trinajstić information content (AvgIpc) is 2.73. The summed E-state index contributed by atoms with van der Waals surface area (Å²) in [7, 11) is -4.10. The summed E-state index contributed by atoms with van der Waals surface area (Å²) in [6.45, 7) is 4.39. The normalized spacial score (nSPS) is 13.2. The first kappa shape index (κ1) is 16.5. The number of carboxylic acid groups (broad SMARTS) is 1. The third-order valence-electron chi connectivity index (χ3n) is 2.13. The van der Waals surface area contributed by atoms with Crippen molar-refractivity contribution in [1.29, 1.82) is 0 Å². The lowest BCUT2D eigenvalue weighted by Gasteiger charge is -2.16. The molecule has 0 radical (unpaired) electrons. The van der Waals surface area contributed by atoms with Gasteiger partial charge in [0.25, 0.3) is 10.0 Å². The van der Waals surface area contributed by atoms with Gasteiger partial charge < -0.3 is 10.4 Å². The van der Waals surface area contributed by atoms with E-state index >= 15 is 0 Å². The topological polar surface area (TPSA) is 138 Å². The minimum atomic E-state index is -4.10. The Bertz CT molecular complexity index is 610. The number of anilines is 1. The predicted octanol–water partition coefficient (Wildman–Crippen LogP) is -0.116. The van der Waals surface area contributed by atoms with Gasteiger partial charge in [0.2, 0.25) is 15.4 Å². The van der Waals surface area contributed by atoms with Crippen molar-refractivity contribution in [3.05, 3.63) is 0 Å². The molecule has 0 saturated carbocycles. The number of aromatic nitrogens is 2. The molecule has 1 amide bonds. The molecular formula is C9H14N4O5S2. The molecule has 1 aromatic rings. The minimum Gasteiger partial charge on any atom is -0.480 e. The fourth-order valence-corrected chi connectivity index (χ4v) is 3.51. The van der Waals surface area contributed by atoms with Crippen molar-refractivity contribution in [3.8, 4) is 0 Å². The van der Waals surface area contributed by atoms with Crippen LogP contribution in [-0.2, 0) is 19.6 Å². The Morgan fingerprint density at radius 3 is 2.35 bits per heavy atom. The van der Waals surface area contributed by atoms with Crippen molar-refractivity contribution < 1.29 is 23.1 Å². The van der Waals surface area contributed by atoms with Gasteiger partial charge in [0.15, 0.2) is 0 Å². The monoisotopic (exact) mass is 322 g/mol. The highest BCUT2D eigenvalue weighted by Gasteiger charge is 2.30.